The lowest BCUT2D eigenvalue weighted by atomic mass is 9.67. The lowest BCUT2D eigenvalue weighted by Crippen LogP contribution is -2.28. The molecule has 11 aromatic rings. The predicted octanol–water partition coefficient (Wildman–Crippen LogP) is 16.4. The van der Waals surface area contributed by atoms with Gasteiger partial charge >= 0.3 is 0 Å². The molecule has 0 amide bonds. The summed E-state index contributed by atoms with van der Waals surface area (Å²) >= 11 is 1.92. The maximum absolute atomic E-state index is 2.48. The maximum Gasteiger partial charge on any atom is 0.0714 e. The minimum atomic E-state index is -0.502. The first kappa shape index (κ1) is 35.4. The molecular weight excluding hydrogens is 755 g/mol. The van der Waals surface area contributed by atoms with Gasteiger partial charge in [-0.15, -0.1) is 11.3 Å². The fraction of sp³-hybridized carbons (Fsp3) is 0.0169. The maximum atomic E-state index is 2.48. The molecule has 0 unspecified atom stereocenters. The molecule has 0 radical (unpaired) electrons. The smallest absolute Gasteiger partial charge is 0.0714 e. The molecule has 2 heteroatoms. The van der Waals surface area contributed by atoms with Crippen molar-refractivity contribution >= 4 is 59.3 Å². The number of benzene rings is 10. The average Bonchev–Trinajstić information content (AvgIpc) is 3.87. The summed E-state index contributed by atoms with van der Waals surface area (Å²) in [4.78, 5) is 2.46. The molecule has 10 aromatic carbocycles. The highest BCUT2D eigenvalue weighted by atomic mass is 32.1. The number of rotatable bonds is 7. The van der Waals surface area contributed by atoms with Crippen LogP contribution >= 0.6 is 11.3 Å². The fourth-order valence-electron chi connectivity index (χ4n) is 10.0. The molecule has 0 saturated carbocycles. The van der Waals surface area contributed by atoms with E-state index in [0.717, 1.165) is 17.1 Å². The van der Waals surface area contributed by atoms with E-state index in [2.05, 4.69) is 241 Å². The second-order valence-corrected chi connectivity index (χ2v) is 17.1. The largest absolute Gasteiger partial charge is 0.310 e. The van der Waals surface area contributed by atoms with Crippen LogP contribution < -0.4 is 4.90 Å². The molecule has 0 atom stereocenters. The lowest BCUT2D eigenvalue weighted by molar-refractivity contribution is 0.769. The van der Waals surface area contributed by atoms with Crippen LogP contribution in [0.1, 0.15) is 22.3 Å². The first-order chi connectivity index (χ1) is 30.3. The van der Waals surface area contributed by atoms with Crippen molar-refractivity contribution in [3.8, 4) is 33.4 Å². The van der Waals surface area contributed by atoms with Crippen LogP contribution in [0.5, 0.6) is 0 Å². The van der Waals surface area contributed by atoms with Crippen molar-refractivity contribution in [2.24, 2.45) is 0 Å². The number of thiophene rings is 1. The third kappa shape index (κ3) is 5.60. The third-order valence-electron chi connectivity index (χ3n) is 12.8. The van der Waals surface area contributed by atoms with E-state index in [4.69, 9.17) is 0 Å². The minimum Gasteiger partial charge on any atom is -0.310 e. The Labute approximate surface area is 360 Å². The molecule has 1 heterocycles. The highest BCUT2D eigenvalue weighted by molar-refractivity contribution is 7.26. The number of hydrogen-bond donors (Lipinski definition) is 0. The van der Waals surface area contributed by atoms with Gasteiger partial charge in [0.1, 0.15) is 0 Å². The number of anilines is 3. The van der Waals surface area contributed by atoms with Crippen LogP contribution in [0, 0.1) is 0 Å². The van der Waals surface area contributed by atoms with E-state index < -0.39 is 5.41 Å². The Hall–Kier alpha value is -7.52. The summed E-state index contributed by atoms with van der Waals surface area (Å²) in [6, 6.07) is 87.2. The molecule has 1 aliphatic carbocycles. The van der Waals surface area contributed by atoms with E-state index in [-0.39, 0.29) is 0 Å². The van der Waals surface area contributed by atoms with Crippen LogP contribution in [0.25, 0.3) is 64.3 Å². The molecule has 1 aliphatic rings. The molecule has 286 valence electrons. The van der Waals surface area contributed by atoms with E-state index in [1.54, 1.807) is 0 Å². The Morgan fingerprint density at radius 1 is 0.361 bits per heavy atom. The summed E-state index contributed by atoms with van der Waals surface area (Å²) in [6.45, 7) is 0. The van der Waals surface area contributed by atoms with Gasteiger partial charge in [0.2, 0.25) is 0 Å². The minimum absolute atomic E-state index is 0.502. The van der Waals surface area contributed by atoms with Gasteiger partial charge in [0, 0.05) is 42.5 Å². The van der Waals surface area contributed by atoms with Gasteiger partial charge < -0.3 is 4.90 Å². The molecule has 1 aromatic heterocycles. The first-order valence-electron chi connectivity index (χ1n) is 21.0. The number of hydrogen-bond acceptors (Lipinski definition) is 2. The van der Waals surface area contributed by atoms with Gasteiger partial charge in [0.15, 0.2) is 0 Å². The zero-order valence-corrected chi connectivity index (χ0v) is 34.2. The summed E-state index contributed by atoms with van der Waals surface area (Å²) in [5, 5.41) is 5.05. The second kappa shape index (κ2) is 14.3. The van der Waals surface area contributed by atoms with E-state index in [1.807, 2.05) is 11.3 Å². The molecule has 0 bridgehead atoms. The zero-order valence-electron chi connectivity index (χ0n) is 33.4. The van der Waals surface area contributed by atoms with Gasteiger partial charge in [-0.25, -0.2) is 0 Å². The van der Waals surface area contributed by atoms with Gasteiger partial charge in [0.25, 0.3) is 0 Å². The lowest BCUT2D eigenvalue weighted by Gasteiger charge is -2.34. The van der Waals surface area contributed by atoms with E-state index in [1.165, 1.54) is 86.6 Å². The van der Waals surface area contributed by atoms with Crippen LogP contribution in [0.2, 0.25) is 0 Å². The monoisotopic (exact) mass is 793 g/mol. The quantitative estimate of drug-likeness (QED) is 0.155. The zero-order chi connectivity index (χ0) is 40.3. The second-order valence-electron chi connectivity index (χ2n) is 16.0. The summed E-state index contributed by atoms with van der Waals surface area (Å²) in [7, 11) is 0. The molecule has 12 rings (SSSR count). The molecule has 0 aliphatic heterocycles. The summed E-state index contributed by atoms with van der Waals surface area (Å²) < 4.78 is 2.65. The van der Waals surface area contributed by atoms with Crippen LogP contribution in [0.3, 0.4) is 0 Å². The van der Waals surface area contributed by atoms with Crippen molar-refractivity contribution in [1.82, 2.24) is 0 Å². The molecule has 1 nitrogen and oxygen atoms in total. The fourth-order valence-corrected chi connectivity index (χ4v) is 11.3. The molecule has 0 fully saturated rings. The molecular formula is C59H39NS. The van der Waals surface area contributed by atoms with Crippen LogP contribution in [0.15, 0.2) is 237 Å². The van der Waals surface area contributed by atoms with Crippen molar-refractivity contribution in [2.75, 3.05) is 4.90 Å². The molecule has 61 heavy (non-hydrogen) atoms. The highest BCUT2D eigenvalue weighted by Crippen LogP contribution is 2.60. The summed E-state index contributed by atoms with van der Waals surface area (Å²) in [5.41, 5.74) is 15.5. The standard InChI is InChI=1S/C59H39NS/c1-4-15-40(16-5-1)41-27-29-42(30-28-41)43-31-33-47(34-32-43)60(55-25-14-18-44-17-10-11-23-49(44)55)48-35-37-53-52(39-48)57-54(38-36-51-50-24-12-13-26-56(50)61-58(51)57)59(53,45-19-6-2-7-20-45)46-21-8-3-9-22-46/h1-39H. The Kier molecular flexibility index (Phi) is 8.33. The van der Waals surface area contributed by atoms with Crippen molar-refractivity contribution < 1.29 is 0 Å². The van der Waals surface area contributed by atoms with Crippen molar-refractivity contribution in [3.63, 3.8) is 0 Å². The van der Waals surface area contributed by atoms with Crippen molar-refractivity contribution in [2.45, 2.75) is 5.41 Å². The Morgan fingerprint density at radius 3 is 1.57 bits per heavy atom. The van der Waals surface area contributed by atoms with Crippen molar-refractivity contribution in [3.05, 3.63) is 259 Å². The highest BCUT2D eigenvalue weighted by Gasteiger charge is 2.47. The third-order valence-corrected chi connectivity index (χ3v) is 14.0. The molecule has 0 N–H and O–H groups in total. The van der Waals surface area contributed by atoms with Gasteiger partial charge in [-0.05, 0) is 91.9 Å². The summed E-state index contributed by atoms with van der Waals surface area (Å²) in [6.07, 6.45) is 0. The van der Waals surface area contributed by atoms with Gasteiger partial charge in [0.05, 0.1) is 11.1 Å². The Morgan fingerprint density at radius 2 is 0.885 bits per heavy atom. The van der Waals surface area contributed by atoms with Gasteiger partial charge in [-0.3, -0.25) is 0 Å². The van der Waals surface area contributed by atoms with Gasteiger partial charge in [-0.1, -0.05) is 200 Å². The van der Waals surface area contributed by atoms with Crippen molar-refractivity contribution in [1.29, 1.82) is 0 Å². The normalized spacial score (nSPS) is 12.7. The van der Waals surface area contributed by atoms with E-state index in [9.17, 15) is 0 Å². The van der Waals surface area contributed by atoms with E-state index in [0.29, 0.717) is 0 Å². The number of fused-ring (bicyclic) bond motifs is 8. The predicted molar refractivity (Wildman–Crippen MR) is 260 cm³/mol. The van der Waals surface area contributed by atoms with Gasteiger partial charge in [-0.2, -0.15) is 0 Å². The topological polar surface area (TPSA) is 3.24 Å². The molecule has 0 saturated heterocycles. The first-order valence-corrected chi connectivity index (χ1v) is 21.8. The van der Waals surface area contributed by atoms with Crippen LogP contribution in [-0.2, 0) is 5.41 Å². The Bertz CT molecular complexity index is 3340. The molecule has 0 spiro atoms. The van der Waals surface area contributed by atoms with E-state index >= 15 is 0 Å². The van der Waals surface area contributed by atoms with Crippen LogP contribution in [0.4, 0.5) is 17.1 Å². The average molecular weight is 794 g/mol. The van der Waals surface area contributed by atoms with Crippen LogP contribution in [-0.4, -0.2) is 0 Å². The number of nitrogens with zero attached hydrogens (tertiary/aromatic N) is 1. The SMILES string of the molecule is c1ccc(-c2ccc(-c3ccc(N(c4ccc5c(c4)-c4c(ccc6c4sc4ccccc46)C5(c4ccccc4)c4ccccc4)c4cccc5ccccc45)cc3)cc2)cc1. The summed E-state index contributed by atoms with van der Waals surface area (Å²) in [5.74, 6) is 0. The Balaban J connectivity index is 1.08.